The van der Waals surface area contributed by atoms with Crippen molar-refractivity contribution < 1.29 is 19.4 Å². The van der Waals surface area contributed by atoms with Crippen LogP contribution in [0.2, 0.25) is 0 Å². The fraction of sp³-hybridized carbons (Fsp3) is 0.846. The van der Waals surface area contributed by atoms with Crippen molar-refractivity contribution >= 4 is 12.1 Å². The van der Waals surface area contributed by atoms with Crippen molar-refractivity contribution in [2.24, 2.45) is 11.7 Å². The molecule has 1 aliphatic rings. The lowest BCUT2D eigenvalue weighted by Gasteiger charge is -2.34. The third kappa shape index (κ3) is 5.46. The van der Waals surface area contributed by atoms with Crippen LogP contribution in [0.15, 0.2) is 0 Å². The van der Waals surface area contributed by atoms with Crippen LogP contribution in [-0.2, 0) is 9.53 Å². The van der Waals surface area contributed by atoms with E-state index in [1.807, 2.05) is 0 Å². The second kappa shape index (κ2) is 6.23. The van der Waals surface area contributed by atoms with E-state index in [1.54, 1.807) is 20.8 Å². The van der Waals surface area contributed by atoms with E-state index >= 15 is 0 Å². The lowest BCUT2D eigenvalue weighted by molar-refractivity contribution is -0.310. The molecule has 0 bridgehead atoms. The number of hydrogen-bond acceptors (Lipinski definition) is 5. The van der Waals surface area contributed by atoms with E-state index in [2.05, 4.69) is 5.32 Å². The van der Waals surface area contributed by atoms with Crippen LogP contribution in [0.3, 0.4) is 0 Å². The molecule has 0 heterocycles. The van der Waals surface area contributed by atoms with E-state index in [4.69, 9.17) is 10.5 Å². The molecular weight excluding hydrogens is 248 g/mol. The maximum absolute atomic E-state index is 11.6. The van der Waals surface area contributed by atoms with Crippen molar-refractivity contribution in [2.45, 2.75) is 64.1 Å². The van der Waals surface area contributed by atoms with Crippen molar-refractivity contribution in [3.8, 4) is 0 Å². The molecule has 0 radical (unpaired) electrons. The number of aliphatic carboxylic acids is 1. The van der Waals surface area contributed by atoms with Gasteiger partial charge < -0.3 is 25.7 Å². The highest BCUT2D eigenvalue weighted by molar-refractivity contribution is 5.79. The molecule has 1 aliphatic carbocycles. The van der Waals surface area contributed by atoms with Gasteiger partial charge in [0.15, 0.2) is 0 Å². The fourth-order valence-corrected chi connectivity index (χ4v) is 2.28. The van der Waals surface area contributed by atoms with Gasteiger partial charge in [0.25, 0.3) is 0 Å². The average molecular weight is 271 g/mol. The Balaban J connectivity index is 2.58. The Bertz CT molecular complexity index is 330. The number of carboxylic acids is 1. The minimum absolute atomic E-state index is 0.125. The minimum atomic E-state index is -1.27. The summed E-state index contributed by atoms with van der Waals surface area (Å²) in [7, 11) is 0. The Labute approximate surface area is 113 Å². The highest BCUT2D eigenvalue weighted by atomic mass is 16.6. The minimum Gasteiger partial charge on any atom is -0.548 e. The van der Waals surface area contributed by atoms with Gasteiger partial charge in [0, 0.05) is 6.04 Å². The van der Waals surface area contributed by atoms with Crippen molar-refractivity contribution in [3.05, 3.63) is 0 Å². The predicted molar refractivity (Wildman–Crippen MR) is 68.1 cm³/mol. The maximum atomic E-state index is 11.6. The van der Waals surface area contributed by atoms with Crippen molar-refractivity contribution in [2.75, 3.05) is 0 Å². The molecule has 110 valence electrons. The summed E-state index contributed by atoms with van der Waals surface area (Å²) in [4.78, 5) is 22.8. The normalized spacial score (nSPS) is 25.5. The van der Waals surface area contributed by atoms with Gasteiger partial charge in [0.2, 0.25) is 0 Å². The first kappa shape index (κ1) is 15.8. The maximum Gasteiger partial charge on any atom is 0.408 e. The molecule has 19 heavy (non-hydrogen) atoms. The van der Waals surface area contributed by atoms with Crippen LogP contribution < -0.4 is 16.2 Å². The summed E-state index contributed by atoms with van der Waals surface area (Å²) in [6.07, 6.45) is 2.16. The van der Waals surface area contributed by atoms with E-state index in [1.165, 1.54) is 0 Å². The van der Waals surface area contributed by atoms with Crippen LogP contribution in [0, 0.1) is 5.92 Å². The molecule has 0 aromatic rings. The quantitative estimate of drug-likeness (QED) is 0.760. The zero-order valence-corrected chi connectivity index (χ0v) is 11.8. The van der Waals surface area contributed by atoms with Crippen LogP contribution in [0.25, 0.3) is 0 Å². The van der Waals surface area contributed by atoms with Gasteiger partial charge in [0.1, 0.15) is 5.60 Å². The molecule has 0 aromatic heterocycles. The number of nitrogens with one attached hydrogen (secondary N) is 1. The first-order valence-electron chi connectivity index (χ1n) is 6.65. The SMILES string of the molecule is CC(C)(C)OC(=O)N[C@H](C(=O)[O-])C1CCC(N)CC1. The Morgan fingerprint density at radius 3 is 2.21 bits per heavy atom. The van der Waals surface area contributed by atoms with E-state index in [0.29, 0.717) is 12.8 Å². The van der Waals surface area contributed by atoms with Gasteiger partial charge >= 0.3 is 6.09 Å². The number of hydrogen-bond donors (Lipinski definition) is 2. The second-order valence-electron chi connectivity index (χ2n) is 6.12. The molecule has 1 atom stereocenters. The Hall–Kier alpha value is -1.30. The van der Waals surface area contributed by atoms with Crippen LogP contribution in [0.1, 0.15) is 46.5 Å². The van der Waals surface area contributed by atoms with Crippen molar-refractivity contribution in [1.82, 2.24) is 5.32 Å². The zero-order chi connectivity index (χ0) is 14.6. The summed E-state index contributed by atoms with van der Waals surface area (Å²) in [5.74, 6) is -1.41. The van der Waals surface area contributed by atoms with Gasteiger partial charge in [-0.1, -0.05) is 0 Å². The highest BCUT2D eigenvalue weighted by Gasteiger charge is 2.29. The summed E-state index contributed by atoms with van der Waals surface area (Å²) in [5, 5.41) is 13.6. The molecule has 0 saturated heterocycles. The standard InChI is InChI=1S/C13H24N2O4/c1-13(2,3)19-12(18)15-10(11(16)17)8-4-6-9(14)7-5-8/h8-10H,4-7,14H2,1-3H3,(H,15,18)(H,16,17)/p-1/t8?,9?,10-/m0/s1. The van der Waals surface area contributed by atoms with Crippen molar-refractivity contribution in [3.63, 3.8) is 0 Å². The van der Waals surface area contributed by atoms with Crippen LogP contribution in [0.5, 0.6) is 0 Å². The molecule has 6 heteroatoms. The first-order valence-corrected chi connectivity index (χ1v) is 6.65. The smallest absolute Gasteiger partial charge is 0.408 e. The van der Waals surface area contributed by atoms with Gasteiger partial charge in [-0.15, -0.1) is 0 Å². The molecule has 0 unspecified atom stereocenters. The lowest BCUT2D eigenvalue weighted by Crippen LogP contribution is -2.54. The molecule has 6 nitrogen and oxygen atoms in total. The summed E-state index contributed by atoms with van der Waals surface area (Å²) in [5.41, 5.74) is 5.13. The Morgan fingerprint density at radius 2 is 1.79 bits per heavy atom. The number of carbonyl (C=O) groups excluding carboxylic acids is 2. The second-order valence-corrected chi connectivity index (χ2v) is 6.12. The van der Waals surface area contributed by atoms with Gasteiger partial charge in [-0.2, -0.15) is 0 Å². The Kier molecular flexibility index (Phi) is 5.17. The van der Waals surface area contributed by atoms with Crippen LogP contribution in [0.4, 0.5) is 4.79 Å². The van der Waals surface area contributed by atoms with Gasteiger partial charge in [-0.3, -0.25) is 0 Å². The van der Waals surface area contributed by atoms with Gasteiger partial charge in [-0.05, 0) is 52.4 Å². The summed E-state index contributed by atoms with van der Waals surface area (Å²) in [6.45, 7) is 5.17. The van der Waals surface area contributed by atoms with E-state index in [9.17, 15) is 14.7 Å². The zero-order valence-electron chi connectivity index (χ0n) is 11.8. The molecule has 1 fully saturated rings. The summed E-state index contributed by atoms with van der Waals surface area (Å²) >= 11 is 0. The van der Waals surface area contributed by atoms with Gasteiger partial charge in [-0.25, -0.2) is 4.79 Å². The molecule has 0 spiro atoms. The number of carboxylic acid groups (broad SMARTS) is 1. The molecule has 1 amide bonds. The van der Waals surface area contributed by atoms with E-state index in [-0.39, 0.29) is 12.0 Å². The largest absolute Gasteiger partial charge is 0.548 e. The number of amides is 1. The average Bonchev–Trinajstić information content (AvgIpc) is 2.24. The van der Waals surface area contributed by atoms with Crippen molar-refractivity contribution in [1.29, 1.82) is 0 Å². The monoisotopic (exact) mass is 271 g/mol. The van der Waals surface area contributed by atoms with Crippen LogP contribution >= 0.6 is 0 Å². The number of nitrogens with two attached hydrogens (primary N) is 1. The molecule has 1 saturated carbocycles. The Morgan fingerprint density at radius 1 is 1.26 bits per heavy atom. The van der Waals surface area contributed by atoms with E-state index in [0.717, 1.165) is 12.8 Å². The molecule has 3 N–H and O–H groups in total. The fourth-order valence-electron chi connectivity index (χ4n) is 2.28. The summed E-state index contributed by atoms with van der Waals surface area (Å²) < 4.78 is 5.06. The highest BCUT2D eigenvalue weighted by Crippen LogP contribution is 2.26. The lowest BCUT2D eigenvalue weighted by atomic mass is 9.82. The number of ether oxygens (including phenoxy) is 1. The van der Waals surface area contributed by atoms with Crippen LogP contribution in [-0.4, -0.2) is 29.7 Å². The third-order valence-electron chi connectivity index (χ3n) is 3.21. The topological polar surface area (TPSA) is 104 Å². The number of rotatable bonds is 3. The van der Waals surface area contributed by atoms with E-state index < -0.39 is 23.7 Å². The first-order chi connectivity index (χ1) is 8.69. The summed E-state index contributed by atoms with van der Waals surface area (Å²) in [6, 6.07) is -0.887. The predicted octanol–water partition coefficient (Wildman–Crippen LogP) is 0.147. The number of carbonyl (C=O) groups is 2. The molecule has 1 rings (SSSR count). The van der Waals surface area contributed by atoms with Gasteiger partial charge in [0.05, 0.1) is 12.0 Å². The number of alkyl carbamates (subject to hydrolysis) is 1. The molecule has 0 aliphatic heterocycles. The molecular formula is C13H23N2O4-. The third-order valence-corrected chi connectivity index (χ3v) is 3.21. The molecule has 0 aromatic carbocycles.